The third kappa shape index (κ3) is 2.43. The molecule has 0 spiro atoms. The van der Waals surface area contributed by atoms with Gasteiger partial charge in [0.1, 0.15) is 6.04 Å². The van der Waals surface area contributed by atoms with Gasteiger partial charge in [0.05, 0.1) is 7.11 Å². The van der Waals surface area contributed by atoms with E-state index in [-0.39, 0.29) is 22.8 Å². The highest BCUT2D eigenvalue weighted by Gasteiger charge is 2.66. The molecule has 0 aliphatic heterocycles. The van der Waals surface area contributed by atoms with Crippen molar-refractivity contribution < 1.29 is 9.53 Å². The number of hydrogen-bond donors (Lipinski definition) is 0. The van der Waals surface area contributed by atoms with Crippen LogP contribution in [0.4, 0.5) is 0 Å². The molecule has 0 saturated heterocycles. The predicted molar refractivity (Wildman–Crippen MR) is 90.1 cm³/mol. The van der Waals surface area contributed by atoms with E-state index in [0.717, 1.165) is 18.6 Å². The highest BCUT2D eigenvalue weighted by molar-refractivity contribution is 7.98. The van der Waals surface area contributed by atoms with Gasteiger partial charge in [-0.05, 0) is 48.5 Å². The summed E-state index contributed by atoms with van der Waals surface area (Å²) in [6.07, 6.45) is 6.31. The maximum Gasteiger partial charge on any atom is 0.330 e. The van der Waals surface area contributed by atoms with Crippen LogP contribution in [-0.2, 0) is 9.53 Å². The van der Waals surface area contributed by atoms with Gasteiger partial charge < -0.3 is 4.74 Å². The second-order valence-electron chi connectivity index (χ2n) is 7.59. The van der Waals surface area contributed by atoms with E-state index in [1.165, 1.54) is 25.7 Å². The van der Waals surface area contributed by atoms with Crippen molar-refractivity contribution in [1.29, 1.82) is 0 Å². The minimum absolute atomic E-state index is 0.132. The van der Waals surface area contributed by atoms with Crippen LogP contribution in [0, 0.1) is 16.2 Å². The van der Waals surface area contributed by atoms with E-state index < -0.39 is 0 Å². The lowest BCUT2D eigenvalue weighted by molar-refractivity contribution is -0.142. The summed E-state index contributed by atoms with van der Waals surface area (Å²) in [5, 5.41) is 0. The number of rotatable bonds is 5. The van der Waals surface area contributed by atoms with Crippen LogP contribution in [0.3, 0.4) is 0 Å². The van der Waals surface area contributed by atoms with Crippen molar-refractivity contribution in [2.45, 2.75) is 59.4 Å². The van der Waals surface area contributed by atoms with Crippen molar-refractivity contribution in [3.05, 3.63) is 0 Å². The highest BCUT2D eigenvalue weighted by atomic mass is 32.2. The second-order valence-corrected chi connectivity index (χ2v) is 8.58. The van der Waals surface area contributed by atoms with Crippen LogP contribution in [0.15, 0.2) is 4.99 Å². The minimum Gasteiger partial charge on any atom is -0.467 e. The molecular formula is C17H29NO2S. The number of thioether (sulfide) groups is 1. The SMILES string of the molecule is COC(=O)[C@H](CCSC)N=C1C[C@@]2(C)CC[C@]1(C)C2(C)C. The summed E-state index contributed by atoms with van der Waals surface area (Å²) in [6, 6.07) is -0.326. The Morgan fingerprint density at radius 3 is 2.43 bits per heavy atom. The van der Waals surface area contributed by atoms with Gasteiger partial charge in [0, 0.05) is 11.1 Å². The molecule has 0 amide bonds. The van der Waals surface area contributed by atoms with E-state index in [4.69, 9.17) is 9.73 Å². The molecule has 3 atom stereocenters. The number of methoxy groups -OCH3 is 1. The van der Waals surface area contributed by atoms with E-state index in [1.807, 2.05) is 0 Å². The summed E-state index contributed by atoms with van der Waals surface area (Å²) in [5.74, 6) is 0.749. The molecular weight excluding hydrogens is 282 g/mol. The summed E-state index contributed by atoms with van der Waals surface area (Å²) in [5.41, 5.74) is 1.95. The summed E-state index contributed by atoms with van der Waals surface area (Å²) in [7, 11) is 1.46. The number of esters is 1. The van der Waals surface area contributed by atoms with Gasteiger partial charge in [0.2, 0.25) is 0 Å². The number of fused-ring (bicyclic) bond motifs is 2. The van der Waals surface area contributed by atoms with Crippen molar-refractivity contribution in [3.8, 4) is 0 Å². The molecule has 120 valence electrons. The quantitative estimate of drug-likeness (QED) is 0.721. The van der Waals surface area contributed by atoms with E-state index in [9.17, 15) is 4.79 Å². The molecule has 2 rings (SSSR count). The highest BCUT2D eigenvalue weighted by Crippen LogP contribution is 2.70. The van der Waals surface area contributed by atoms with Crippen LogP contribution >= 0.6 is 11.8 Å². The Morgan fingerprint density at radius 2 is 2.00 bits per heavy atom. The number of carbonyl (C=O) groups excluding carboxylic acids is 1. The Bertz CT molecular complexity index is 460. The minimum atomic E-state index is -0.326. The summed E-state index contributed by atoms with van der Waals surface area (Å²) < 4.78 is 4.95. The number of aliphatic imine (C=N–C) groups is 1. The first kappa shape index (κ1) is 16.9. The molecule has 0 aromatic rings. The molecule has 0 N–H and O–H groups in total. The van der Waals surface area contributed by atoms with E-state index in [1.54, 1.807) is 11.8 Å². The average Bonchev–Trinajstić information content (AvgIpc) is 2.71. The molecule has 21 heavy (non-hydrogen) atoms. The number of ether oxygens (including phenoxy) is 1. The molecule has 4 heteroatoms. The fourth-order valence-electron chi connectivity index (χ4n) is 4.17. The van der Waals surface area contributed by atoms with Gasteiger partial charge >= 0.3 is 5.97 Å². The Labute approximate surface area is 133 Å². The van der Waals surface area contributed by atoms with E-state index in [2.05, 4.69) is 34.0 Å². The van der Waals surface area contributed by atoms with Crippen LogP contribution in [-0.4, -0.2) is 36.8 Å². The predicted octanol–water partition coefficient (Wildman–Crippen LogP) is 3.96. The maximum atomic E-state index is 12.0. The van der Waals surface area contributed by atoms with Gasteiger partial charge in [-0.3, -0.25) is 4.99 Å². The monoisotopic (exact) mass is 311 g/mol. The smallest absolute Gasteiger partial charge is 0.330 e. The Hall–Kier alpha value is -0.510. The van der Waals surface area contributed by atoms with Crippen LogP contribution in [0.5, 0.6) is 0 Å². The van der Waals surface area contributed by atoms with Gasteiger partial charge in [-0.2, -0.15) is 11.8 Å². The zero-order valence-electron chi connectivity index (χ0n) is 14.3. The first-order chi connectivity index (χ1) is 9.72. The Balaban J connectivity index is 2.30. The summed E-state index contributed by atoms with van der Waals surface area (Å²) in [4.78, 5) is 16.9. The van der Waals surface area contributed by atoms with Crippen LogP contribution in [0.2, 0.25) is 0 Å². The number of hydrogen-bond acceptors (Lipinski definition) is 4. The standard InChI is InChI=1S/C17H29NO2S/c1-15(2)16(3)8-9-17(15,4)13(11-16)18-12(7-10-21-6)14(19)20-5/h12H,7-11H2,1-6H3/t12-,16+,17-/m0/s1. The lowest BCUT2D eigenvalue weighted by Crippen LogP contribution is -2.35. The fraction of sp³-hybridized carbons (Fsp3) is 0.882. The molecule has 2 bridgehead atoms. The average molecular weight is 311 g/mol. The molecule has 2 aliphatic rings. The third-order valence-electron chi connectivity index (χ3n) is 6.64. The van der Waals surface area contributed by atoms with Gasteiger partial charge in [-0.1, -0.05) is 27.7 Å². The van der Waals surface area contributed by atoms with Crippen molar-refractivity contribution >= 4 is 23.4 Å². The summed E-state index contributed by atoms with van der Waals surface area (Å²) in [6.45, 7) is 9.47. The fourth-order valence-corrected chi connectivity index (χ4v) is 4.63. The van der Waals surface area contributed by atoms with E-state index in [0.29, 0.717) is 5.41 Å². The summed E-state index contributed by atoms with van der Waals surface area (Å²) >= 11 is 1.75. The molecule has 3 nitrogen and oxygen atoms in total. The van der Waals surface area contributed by atoms with Crippen molar-refractivity contribution in [2.75, 3.05) is 19.1 Å². The topological polar surface area (TPSA) is 38.7 Å². The molecule has 2 fully saturated rings. The van der Waals surface area contributed by atoms with Gasteiger partial charge in [0.25, 0.3) is 0 Å². The van der Waals surface area contributed by atoms with Gasteiger partial charge in [-0.15, -0.1) is 0 Å². The van der Waals surface area contributed by atoms with Crippen molar-refractivity contribution in [1.82, 2.24) is 0 Å². The lowest BCUT2D eigenvalue weighted by Gasteiger charge is -2.38. The Morgan fingerprint density at radius 1 is 1.33 bits per heavy atom. The zero-order valence-corrected chi connectivity index (χ0v) is 15.1. The van der Waals surface area contributed by atoms with Crippen molar-refractivity contribution in [3.63, 3.8) is 0 Å². The number of nitrogens with zero attached hydrogens (tertiary/aromatic N) is 1. The zero-order chi connectivity index (χ0) is 15.9. The Kier molecular flexibility index (Phi) is 4.50. The maximum absolute atomic E-state index is 12.0. The van der Waals surface area contributed by atoms with E-state index >= 15 is 0 Å². The lowest BCUT2D eigenvalue weighted by atomic mass is 9.66. The van der Waals surface area contributed by atoms with Crippen LogP contribution in [0.25, 0.3) is 0 Å². The van der Waals surface area contributed by atoms with Crippen LogP contribution in [0.1, 0.15) is 53.4 Å². The number of carbonyl (C=O) groups is 1. The van der Waals surface area contributed by atoms with Crippen molar-refractivity contribution in [2.24, 2.45) is 21.2 Å². The normalized spacial score (nSPS) is 37.0. The second kappa shape index (κ2) is 5.60. The van der Waals surface area contributed by atoms with Gasteiger partial charge in [0.15, 0.2) is 0 Å². The molecule has 0 unspecified atom stereocenters. The van der Waals surface area contributed by atoms with Gasteiger partial charge in [-0.25, -0.2) is 4.79 Å². The first-order valence-electron chi connectivity index (χ1n) is 7.86. The molecule has 0 aromatic carbocycles. The first-order valence-corrected chi connectivity index (χ1v) is 9.25. The molecule has 0 heterocycles. The molecule has 0 aromatic heterocycles. The third-order valence-corrected chi connectivity index (χ3v) is 7.28. The van der Waals surface area contributed by atoms with Crippen LogP contribution < -0.4 is 0 Å². The molecule has 0 radical (unpaired) electrons. The largest absolute Gasteiger partial charge is 0.467 e. The molecule has 2 saturated carbocycles. The molecule has 2 aliphatic carbocycles.